The van der Waals surface area contributed by atoms with E-state index >= 15 is 0 Å². The molecule has 3 aromatic rings. The van der Waals surface area contributed by atoms with Gasteiger partial charge in [-0.3, -0.25) is 19.6 Å². The molecule has 0 atom stereocenters. The van der Waals surface area contributed by atoms with E-state index in [0.717, 1.165) is 5.56 Å². The molecule has 0 unspecified atom stereocenters. The number of halogens is 2. The Morgan fingerprint density at radius 3 is 2.92 bits per heavy atom. The molecule has 0 aliphatic heterocycles. The smallest absolute Gasteiger partial charge is 0.307 e. The van der Waals surface area contributed by atoms with Gasteiger partial charge in [0.1, 0.15) is 12.4 Å². The van der Waals surface area contributed by atoms with Gasteiger partial charge in [-0.1, -0.05) is 29.3 Å². The molecule has 0 saturated heterocycles. The Labute approximate surface area is 155 Å². The van der Waals surface area contributed by atoms with Gasteiger partial charge in [0.05, 0.1) is 32.1 Å². The SMILES string of the molecule is O=C(Nc1cccc(Cl)c1Cl)c1cc(Cn2cc([N+](=O)[O-])cn2)cs1. The highest BCUT2D eigenvalue weighted by Crippen LogP contribution is 2.30. The third-order valence-electron chi connectivity index (χ3n) is 3.25. The van der Waals surface area contributed by atoms with Gasteiger partial charge < -0.3 is 5.32 Å². The van der Waals surface area contributed by atoms with E-state index in [-0.39, 0.29) is 16.6 Å². The Bertz CT molecular complexity index is 954. The number of carbonyl (C=O) groups excluding carboxylic acids is 1. The summed E-state index contributed by atoms with van der Waals surface area (Å²) in [6, 6.07) is 6.68. The number of anilines is 1. The summed E-state index contributed by atoms with van der Waals surface area (Å²) in [5.74, 6) is -0.313. The number of thiophene rings is 1. The number of aromatic nitrogens is 2. The van der Waals surface area contributed by atoms with Gasteiger partial charge >= 0.3 is 5.69 Å². The Hall–Kier alpha value is -2.42. The van der Waals surface area contributed by atoms with E-state index in [4.69, 9.17) is 23.2 Å². The molecule has 0 bridgehead atoms. The third-order valence-corrected chi connectivity index (χ3v) is 5.05. The second kappa shape index (κ2) is 7.22. The van der Waals surface area contributed by atoms with Gasteiger partial charge in [-0.15, -0.1) is 11.3 Å². The lowest BCUT2D eigenvalue weighted by molar-refractivity contribution is -0.385. The first-order valence-electron chi connectivity index (χ1n) is 6.93. The molecule has 10 heteroatoms. The zero-order chi connectivity index (χ0) is 18.0. The van der Waals surface area contributed by atoms with Crippen molar-refractivity contribution in [2.75, 3.05) is 5.32 Å². The van der Waals surface area contributed by atoms with Crippen molar-refractivity contribution in [3.8, 4) is 0 Å². The van der Waals surface area contributed by atoms with Crippen molar-refractivity contribution in [3.63, 3.8) is 0 Å². The summed E-state index contributed by atoms with van der Waals surface area (Å²) in [7, 11) is 0. The van der Waals surface area contributed by atoms with Gasteiger partial charge in [-0.25, -0.2) is 0 Å². The highest BCUT2D eigenvalue weighted by Gasteiger charge is 2.14. The molecule has 1 amide bonds. The number of rotatable bonds is 5. The summed E-state index contributed by atoms with van der Waals surface area (Å²) >= 11 is 13.2. The second-order valence-electron chi connectivity index (χ2n) is 5.03. The largest absolute Gasteiger partial charge is 0.320 e. The Kier molecular flexibility index (Phi) is 5.03. The first kappa shape index (κ1) is 17.4. The van der Waals surface area contributed by atoms with Gasteiger partial charge in [-0.2, -0.15) is 5.10 Å². The topological polar surface area (TPSA) is 90.1 Å². The fourth-order valence-corrected chi connectivity index (χ4v) is 3.23. The van der Waals surface area contributed by atoms with Crippen molar-refractivity contribution in [2.45, 2.75) is 6.54 Å². The van der Waals surface area contributed by atoms with Crippen molar-refractivity contribution in [2.24, 2.45) is 0 Å². The maximum absolute atomic E-state index is 12.3. The molecule has 3 rings (SSSR count). The Morgan fingerprint density at radius 2 is 2.20 bits per heavy atom. The summed E-state index contributed by atoms with van der Waals surface area (Å²) in [5.41, 5.74) is 1.16. The predicted octanol–water partition coefficient (Wildman–Crippen LogP) is 4.46. The van der Waals surface area contributed by atoms with E-state index in [0.29, 0.717) is 22.1 Å². The van der Waals surface area contributed by atoms with Crippen LogP contribution in [0.1, 0.15) is 15.2 Å². The number of nitrogens with one attached hydrogen (secondary N) is 1. The minimum absolute atomic E-state index is 0.0798. The molecular formula is C15H10Cl2N4O3S. The molecule has 2 heterocycles. The fraction of sp³-hybridized carbons (Fsp3) is 0.0667. The average molecular weight is 397 g/mol. The van der Waals surface area contributed by atoms with Crippen LogP contribution >= 0.6 is 34.5 Å². The van der Waals surface area contributed by atoms with Crippen LogP contribution in [0.15, 0.2) is 42.0 Å². The highest BCUT2D eigenvalue weighted by molar-refractivity contribution is 7.12. The van der Waals surface area contributed by atoms with E-state index < -0.39 is 4.92 Å². The molecule has 25 heavy (non-hydrogen) atoms. The van der Waals surface area contributed by atoms with Gasteiger partial charge in [0.2, 0.25) is 0 Å². The monoisotopic (exact) mass is 396 g/mol. The van der Waals surface area contributed by atoms with Crippen molar-refractivity contribution in [3.05, 3.63) is 72.6 Å². The fourth-order valence-electron chi connectivity index (χ4n) is 2.08. The van der Waals surface area contributed by atoms with Crippen LogP contribution in [0.3, 0.4) is 0 Å². The maximum atomic E-state index is 12.3. The van der Waals surface area contributed by atoms with Crippen LogP contribution in [0, 0.1) is 10.1 Å². The molecule has 0 spiro atoms. The molecule has 0 fully saturated rings. The molecular weight excluding hydrogens is 387 g/mol. The van der Waals surface area contributed by atoms with E-state index in [2.05, 4.69) is 10.4 Å². The van der Waals surface area contributed by atoms with Crippen molar-refractivity contribution >= 4 is 51.8 Å². The second-order valence-corrected chi connectivity index (χ2v) is 6.72. The van der Waals surface area contributed by atoms with Gasteiger partial charge in [0.15, 0.2) is 0 Å². The maximum Gasteiger partial charge on any atom is 0.307 e. The number of amides is 1. The molecule has 0 radical (unpaired) electrons. The standard InChI is InChI=1S/C15H10Cl2N4O3S/c16-11-2-1-3-12(14(11)17)19-15(22)13-4-9(8-25-13)6-20-7-10(5-18-20)21(23)24/h1-5,7-8H,6H2,(H,19,22). The van der Waals surface area contributed by atoms with E-state index in [9.17, 15) is 14.9 Å². The number of hydrogen-bond donors (Lipinski definition) is 1. The summed E-state index contributed by atoms with van der Waals surface area (Å²) in [4.78, 5) is 23.0. The molecule has 0 saturated carbocycles. The van der Waals surface area contributed by atoms with Crippen LogP contribution in [-0.2, 0) is 6.54 Å². The minimum Gasteiger partial charge on any atom is -0.320 e. The Morgan fingerprint density at radius 1 is 1.40 bits per heavy atom. The van der Waals surface area contributed by atoms with Crippen LogP contribution < -0.4 is 5.32 Å². The summed E-state index contributed by atoms with van der Waals surface area (Å²) < 4.78 is 1.44. The van der Waals surface area contributed by atoms with Crippen LogP contribution in [-0.4, -0.2) is 20.6 Å². The molecule has 0 aliphatic rings. The number of hydrogen-bond acceptors (Lipinski definition) is 5. The first-order valence-corrected chi connectivity index (χ1v) is 8.57. The highest BCUT2D eigenvalue weighted by atomic mass is 35.5. The first-order chi connectivity index (χ1) is 11.9. The van der Waals surface area contributed by atoms with Crippen LogP contribution in [0.25, 0.3) is 0 Å². The number of benzene rings is 1. The van der Waals surface area contributed by atoms with Crippen LogP contribution in [0.4, 0.5) is 11.4 Å². The van der Waals surface area contributed by atoms with Gasteiger partial charge in [0, 0.05) is 0 Å². The van der Waals surface area contributed by atoms with Gasteiger partial charge in [-0.05, 0) is 29.1 Å². The molecule has 0 aliphatic carbocycles. The normalized spacial score (nSPS) is 10.6. The molecule has 128 valence electrons. The van der Waals surface area contributed by atoms with Crippen LogP contribution in [0.2, 0.25) is 10.0 Å². The summed E-state index contributed by atoms with van der Waals surface area (Å²) in [6.07, 6.45) is 2.52. The van der Waals surface area contributed by atoms with E-state index in [1.807, 2.05) is 0 Å². The van der Waals surface area contributed by atoms with Crippen LogP contribution in [0.5, 0.6) is 0 Å². The summed E-state index contributed by atoms with van der Waals surface area (Å²) in [5, 5.41) is 19.7. The lowest BCUT2D eigenvalue weighted by Gasteiger charge is -2.06. The predicted molar refractivity (Wildman–Crippen MR) is 96.7 cm³/mol. The zero-order valence-corrected chi connectivity index (χ0v) is 14.8. The minimum atomic E-state index is -0.509. The molecule has 2 aromatic heterocycles. The Balaban J connectivity index is 1.71. The molecule has 1 N–H and O–H groups in total. The van der Waals surface area contributed by atoms with Crippen molar-refractivity contribution in [1.29, 1.82) is 0 Å². The lowest BCUT2D eigenvalue weighted by atomic mass is 10.3. The third kappa shape index (κ3) is 3.98. The van der Waals surface area contributed by atoms with E-state index in [1.165, 1.54) is 28.4 Å². The quantitative estimate of drug-likeness (QED) is 0.508. The van der Waals surface area contributed by atoms with E-state index in [1.54, 1.807) is 29.6 Å². The summed E-state index contributed by atoms with van der Waals surface area (Å²) in [6.45, 7) is 0.329. The lowest BCUT2D eigenvalue weighted by Crippen LogP contribution is -2.10. The number of nitrogens with zero attached hydrogens (tertiary/aromatic N) is 3. The number of nitro groups is 1. The zero-order valence-electron chi connectivity index (χ0n) is 12.5. The average Bonchev–Trinajstić information content (AvgIpc) is 3.22. The van der Waals surface area contributed by atoms with Crippen molar-refractivity contribution in [1.82, 2.24) is 9.78 Å². The van der Waals surface area contributed by atoms with Gasteiger partial charge in [0.25, 0.3) is 5.91 Å². The molecule has 7 nitrogen and oxygen atoms in total. The number of carbonyl (C=O) groups is 1. The van der Waals surface area contributed by atoms with Crippen molar-refractivity contribution < 1.29 is 9.72 Å². The molecule has 1 aromatic carbocycles.